The first-order valence-electron chi connectivity index (χ1n) is 8.90. The average molecular weight is 423 g/mol. The van der Waals surface area contributed by atoms with E-state index >= 15 is 0 Å². The third kappa shape index (κ3) is 4.60. The van der Waals surface area contributed by atoms with Crippen LogP contribution in [0.4, 0.5) is 5.69 Å². The fraction of sp³-hybridized carbons (Fsp3) is 0.316. The zero-order valence-corrected chi connectivity index (χ0v) is 17.1. The molecule has 1 amide bonds. The molecule has 3 rings (SSSR count). The molecule has 0 bridgehead atoms. The minimum Gasteiger partial charge on any atom is -0.322 e. The van der Waals surface area contributed by atoms with Crippen LogP contribution in [0.1, 0.15) is 29.6 Å². The summed E-state index contributed by atoms with van der Waals surface area (Å²) >= 11 is 0. The van der Waals surface area contributed by atoms with Gasteiger partial charge in [0.25, 0.3) is 5.91 Å². The number of benzene rings is 2. The summed E-state index contributed by atoms with van der Waals surface area (Å²) in [6.07, 6.45) is 3.80. The number of rotatable bonds is 5. The fourth-order valence-corrected chi connectivity index (χ4v) is 5.23. The van der Waals surface area contributed by atoms with Crippen LogP contribution in [0.15, 0.2) is 58.3 Å². The quantitative estimate of drug-likeness (QED) is 0.798. The third-order valence-electron chi connectivity index (χ3n) is 4.59. The molecule has 1 N–H and O–H groups in total. The molecule has 0 unspecified atom stereocenters. The summed E-state index contributed by atoms with van der Waals surface area (Å²) in [6, 6.07) is 11.7. The molecule has 1 fully saturated rings. The maximum absolute atomic E-state index is 12.8. The van der Waals surface area contributed by atoms with Crippen molar-refractivity contribution in [3.05, 3.63) is 54.1 Å². The molecular weight excluding hydrogens is 400 g/mol. The van der Waals surface area contributed by atoms with Crippen molar-refractivity contribution >= 4 is 31.5 Å². The Bertz CT molecular complexity index is 1070. The van der Waals surface area contributed by atoms with E-state index in [0.29, 0.717) is 18.8 Å². The van der Waals surface area contributed by atoms with Gasteiger partial charge in [-0.25, -0.2) is 16.8 Å². The van der Waals surface area contributed by atoms with Gasteiger partial charge in [0.05, 0.1) is 9.79 Å². The molecule has 1 aliphatic heterocycles. The van der Waals surface area contributed by atoms with Crippen LogP contribution >= 0.6 is 0 Å². The maximum atomic E-state index is 12.8. The molecule has 150 valence electrons. The highest BCUT2D eigenvalue weighted by molar-refractivity contribution is 7.90. The van der Waals surface area contributed by atoms with Crippen LogP contribution in [0.2, 0.25) is 0 Å². The Kier molecular flexibility index (Phi) is 5.87. The second-order valence-corrected chi connectivity index (χ2v) is 10.7. The number of sulfonamides is 1. The van der Waals surface area contributed by atoms with E-state index < -0.39 is 25.8 Å². The van der Waals surface area contributed by atoms with Gasteiger partial charge in [-0.3, -0.25) is 4.79 Å². The lowest BCUT2D eigenvalue weighted by atomic mass is 10.2. The predicted octanol–water partition coefficient (Wildman–Crippen LogP) is 2.52. The van der Waals surface area contributed by atoms with E-state index in [1.165, 1.54) is 46.8 Å². The number of amides is 1. The van der Waals surface area contributed by atoms with Crippen LogP contribution in [0, 0.1) is 0 Å². The molecule has 0 radical (unpaired) electrons. The third-order valence-corrected chi connectivity index (χ3v) is 7.61. The van der Waals surface area contributed by atoms with Gasteiger partial charge in [-0.1, -0.05) is 12.5 Å². The number of piperidine rings is 1. The van der Waals surface area contributed by atoms with Gasteiger partial charge in [-0.2, -0.15) is 4.31 Å². The second-order valence-electron chi connectivity index (χ2n) is 6.74. The van der Waals surface area contributed by atoms with Crippen molar-refractivity contribution in [1.29, 1.82) is 0 Å². The minimum absolute atomic E-state index is 0.0921. The molecule has 0 aliphatic carbocycles. The number of hydrogen-bond acceptors (Lipinski definition) is 5. The van der Waals surface area contributed by atoms with Gasteiger partial charge in [0.15, 0.2) is 9.84 Å². The van der Waals surface area contributed by atoms with Crippen molar-refractivity contribution in [1.82, 2.24) is 4.31 Å². The number of sulfone groups is 1. The Hall–Kier alpha value is -2.23. The molecular formula is C19H22N2O5S2. The van der Waals surface area contributed by atoms with Gasteiger partial charge in [-0.05, 0) is 55.3 Å². The minimum atomic E-state index is -3.63. The van der Waals surface area contributed by atoms with Crippen molar-refractivity contribution in [2.24, 2.45) is 0 Å². The lowest BCUT2D eigenvalue weighted by Crippen LogP contribution is -2.35. The van der Waals surface area contributed by atoms with Crippen LogP contribution in [-0.2, 0) is 19.9 Å². The molecule has 9 heteroatoms. The van der Waals surface area contributed by atoms with E-state index in [4.69, 9.17) is 0 Å². The highest BCUT2D eigenvalue weighted by Crippen LogP contribution is 2.22. The van der Waals surface area contributed by atoms with Crippen molar-refractivity contribution in [3.8, 4) is 0 Å². The fourth-order valence-electron chi connectivity index (χ4n) is 3.04. The lowest BCUT2D eigenvalue weighted by Gasteiger charge is -2.26. The van der Waals surface area contributed by atoms with Crippen LogP contribution in [0.3, 0.4) is 0 Å². The SMILES string of the molecule is CS(=O)(=O)c1ccc(NC(=O)c2cccc(S(=O)(=O)N3CCCCC3)c2)cc1. The van der Waals surface area contributed by atoms with Gasteiger partial charge in [-0.15, -0.1) is 0 Å². The van der Waals surface area contributed by atoms with E-state index in [9.17, 15) is 21.6 Å². The van der Waals surface area contributed by atoms with Crippen molar-refractivity contribution in [2.75, 3.05) is 24.7 Å². The Morgan fingerprint density at radius 1 is 0.893 bits per heavy atom. The Morgan fingerprint density at radius 3 is 2.14 bits per heavy atom. The number of carbonyl (C=O) groups is 1. The summed E-state index contributed by atoms with van der Waals surface area (Å²) in [5.74, 6) is -0.470. The summed E-state index contributed by atoms with van der Waals surface area (Å²) in [6.45, 7) is 0.983. The summed E-state index contributed by atoms with van der Waals surface area (Å²) in [5.41, 5.74) is 0.631. The lowest BCUT2D eigenvalue weighted by molar-refractivity contribution is 0.102. The first kappa shape index (κ1) is 20.5. The maximum Gasteiger partial charge on any atom is 0.255 e. The molecule has 0 saturated carbocycles. The molecule has 2 aromatic carbocycles. The number of nitrogens with zero attached hydrogens (tertiary/aromatic N) is 1. The zero-order valence-electron chi connectivity index (χ0n) is 15.5. The summed E-state index contributed by atoms with van der Waals surface area (Å²) in [4.78, 5) is 12.8. The first-order chi connectivity index (χ1) is 13.2. The highest BCUT2D eigenvalue weighted by Gasteiger charge is 2.26. The van der Waals surface area contributed by atoms with E-state index in [-0.39, 0.29) is 15.4 Å². The molecule has 0 aromatic heterocycles. The van der Waals surface area contributed by atoms with Gasteiger partial charge < -0.3 is 5.32 Å². The Labute approximate surface area is 165 Å². The molecule has 2 aromatic rings. The molecule has 1 heterocycles. The topological polar surface area (TPSA) is 101 Å². The summed E-state index contributed by atoms with van der Waals surface area (Å²) in [7, 11) is -6.94. The largest absolute Gasteiger partial charge is 0.322 e. The number of anilines is 1. The van der Waals surface area contributed by atoms with Crippen LogP contribution in [0.5, 0.6) is 0 Å². The molecule has 7 nitrogen and oxygen atoms in total. The van der Waals surface area contributed by atoms with Gasteiger partial charge in [0.1, 0.15) is 0 Å². The Balaban J connectivity index is 1.79. The number of carbonyl (C=O) groups excluding carboxylic acids is 1. The molecule has 0 spiro atoms. The van der Waals surface area contributed by atoms with E-state index in [1.807, 2.05) is 0 Å². The second kappa shape index (κ2) is 8.02. The average Bonchev–Trinajstić information content (AvgIpc) is 2.68. The first-order valence-corrected chi connectivity index (χ1v) is 12.2. The highest BCUT2D eigenvalue weighted by atomic mass is 32.2. The van der Waals surface area contributed by atoms with Crippen LogP contribution in [-0.4, -0.2) is 46.4 Å². The van der Waals surface area contributed by atoms with Gasteiger partial charge >= 0.3 is 0 Å². The van der Waals surface area contributed by atoms with Crippen LogP contribution < -0.4 is 5.32 Å². The normalized spacial score (nSPS) is 15.9. The predicted molar refractivity (Wildman–Crippen MR) is 107 cm³/mol. The van der Waals surface area contributed by atoms with Gasteiger partial charge in [0.2, 0.25) is 10.0 Å². The zero-order chi connectivity index (χ0) is 20.4. The smallest absolute Gasteiger partial charge is 0.255 e. The van der Waals surface area contributed by atoms with Crippen LogP contribution in [0.25, 0.3) is 0 Å². The van der Waals surface area contributed by atoms with Crippen molar-refractivity contribution < 1.29 is 21.6 Å². The molecule has 28 heavy (non-hydrogen) atoms. The Morgan fingerprint density at radius 2 is 1.54 bits per heavy atom. The molecule has 1 aliphatic rings. The molecule has 0 atom stereocenters. The summed E-state index contributed by atoms with van der Waals surface area (Å²) in [5, 5.41) is 2.65. The summed E-state index contributed by atoms with van der Waals surface area (Å²) < 4.78 is 50.0. The molecule has 1 saturated heterocycles. The van der Waals surface area contributed by atoms with Crippen molar-refractivity contribution in [2.45, 2.75) is 29.1 Å². The monoisotopic (exact) mass is 422 g/mol. The van der Waals surface area contributed by atoms with E-state index in [0.717, 1.165) is 25.5 Å². The van der Waals surface area contributed by atoms with Crippen molar-refractivity contribution in [3.63, 3.8) is 0 Å². The van der Waals surface area contributed by atoms with E-state index in [2.05, 4.69) is 5.32 Å². The van der Waals surface area contributed by atoms with Gasteiger partial charge in [0, 0.05) is 30.6 Å². The number of hydrogen-bond donors (Lipinski definition) is 1. The standard InChI is InChI=1S/C19H22N2O5S2/c1-27(23,24)17-10-8-16(9-11-17)20-19(22)15-6-5-7-18(14-15)28(25,26)21-12-3-2-4-13-21/h5-11,14H,2-4,12-13H2,1H3,(H,20,22). The van der Waals surface area contributed by atoms with E-state index in [1.54, 1.807) is 6.07 Å². The number of nitrogens with one attached hydrogen (secondary N) is 1.